The highest BCUT2D eigenvalue weighted by atomic mass is 32.1. The van der Waals surface area contributed by atoms with Crippen molar-refractivity contribution in [2.45, 2.75) is 56.8 Å². The molecule has 0 amide bonds. The number of hydrogen-bond donors (Lipinski definition) is 1. The Morgan fingerprint density at radius 1 is 1.11 bits per heavy atom. The van der Waals surface area contributed by atoms with Crippen molar-refractivity contribution < 1.29 is 0 Å². The minimum Gasteiger partial charge on any atom is -0.368 e. The van der Waals surface area contributed by atoms with Crippen molar-refractivity contribution in [3.05, 3.63) is 39.9 Å². The molecule has 3 heterocycles. The van der Waals surface area contributed by atoms with Crippen molar-refractivity contribution >= 4 is 27.5 Å². The predicted molar refractivity (Wildman–Crippen MR) is 104 cm³/mol. The number of anilines is 1. The number of fused-ring (bicyclic) bond motifs is 4. The van der Waals surface area contributed by atoms with Crippen LogP contribution in [0.25, 0.3) is 10.2 Å². The maximum Gasteiger partial charge on any atom is 0.220 e. The first kappa shape index (κ1) is 16.6. The molecule has 0 aliphatic heterocycles. The summed E-state index contributed by atoms with van der Waals surface area (Å²) in [6, 6.07) is 2.62. The van der Waals surface area contributed by atoms with Gasteiger partial charge in [0, 0.05) is 28.6 Å². The smallest absolute Gasteiger partial charge is 0.220 e. The third kappa shape index (κ3) is 2.59. The van der Waals surface area contributed by atoms with Crippen molar-refractivity contribution in [2.75, 3.05) is 5.73 Å². The van der Waals surface area contributed by atoms with Gasteiger partial charge in [-0.15, -0.1) is 11.3 Å². The van der Waals surface area contributed by atoms with E-state index in [1.165, 1.54) is 29.7 Å². The van der Waals surface area contributed by atoms with E-state index in [1.54, 1.807) is 23.9 Å². The summed E-state index contributed by atoms with van der Waals surface area (Å²) < 4.78 is 0. The van der Waals surface area contributed by atoms with Gasteiger partial charge < -0.3 is 5.73 Å². The van der Waals surface area contributed by atoms with Gasteiger partial charge in [-0.25, -0.2) is 19.9 Å². The lowest BCUT2D eigenvalue weighted by Crippen LogP contribution is -2.34. The van der Waals surface area contributed by atoms with Gasteiger partial charge >= 0.3 is 0 Å². The van der Waals surface area contributed by atoms with Gasteiger partial charge in [0.15, 0.2) is 0 Å². The van der Waals surface area contributed by atoms with Crippen molar-refractivity contribution in [1.82, 2.24) is 19.9 Å². The Hall–Kier alpha value is -2.59. The number of hydrogen-bond acceptors (Lipinski definition) is 7. The Balaban J connectivity index is 1.69. The Morgan fingerprint density at radius 2 is 2.00 bits per heavy atom. The molecule has 6 nitrogen and oxygen atoms in total. The van der Waals surface area contributed by atoms with Gasteiger partial charge in [-0.2, -0.15) is 5.26 Å². The van der Waals surface area contributed by atoms with Gasteiger partial charge in [0.1, 0.15) is 16.6 Å². The van der Waals surface area contributed by atoms with Gasteiger partial charge in [0.25, 0.3) is 0 Å². The van der Waals surface area contributed by atoms with Crippen molar-refractivity contribution in [1.29, 1.82) is 5.26 Å². The fraction of sp³-hybridized carbons (Fsp3) is 0.450. The molecular weight excluding hydrogens is 356 g/mol. The molecule has 0 spiro atoms. The zero-order valence-corrected chi connectivity index (χ0v) is 15.8. The molecule has 3 aromatic rings. The number of rotatable bonds is 1. The van der Waals surface area contributed by atoms with E-state index in [1.807, 2.05) is 0 Å². The zero-order chi connectivity index (χ0) is 18.4. The van der Waals surface area contributed by atoms with Crippen LogP contribution in [0.1, 0.15) is 53.1 Å². The lowest BCUT2D eigenvalue weighted by Gasteiger charge is -2.31. The highest BCUT2D eigenvalue weighted by Gasteiger charge is 2.41. The molecule has 7 heteroatoms. The van der Waals surface area contributed by atoms with Crippen LogP contribution in [0.4, 0.5) is 5.95 Å². The summed E-state index contributed by atoms with van der Waals surface area (Å²) in [5, 5.41) is 11.4. The standard InChI is InChI=1S/C20H20N6S/c21-10-20(7-6-14-12(8-20)9-23-19(22)26-14)17-16-13-4-2-1-3-5-15(13)27-18(16)25-11-24-17/h9,11H,1-8H2,(H2,22,23,26). The van der Waals surface area contributed by atoms with E-state index in [0.29, 0.717) is 25.2 Å². The van der Waals surface area contributed by atoms with Crippen LogP contribution in [-0.2, 0) is 31.1 Å². The lowest BCUT2D eigenvalue weighted by molar-refractivity contribution is 0.456. The zero-order valence-electron chi connectivity index (χ0n) is 15.0. The summed E-state index contributed by atoms with van der Waals surface area (Å²) in [5.41, 5.74) is 9.33. The second kappa shape index (κ2) is 6.24. The van der Waals surface area contributed by atoms with Crippen molar-refractivity contribution in [2.24, 2.45) is 0 Å². The number of nitrogens with two attached hydrogens (primary N) is 1. The Labute approximate surface area is 161 Å². The van der Waals surface area contributed by atoms with E-state index in [4.69, 9.17) is 5.73 Å². The molecule has 0 bridgehead atoms. The van der Waals surface area contributed by atoms with Crippen LogP contribution in [0.15, 0.2) is 12.5 Å². The molecule has 0 fully saturated rings. The maximum atomic E-state index is 10.3. The predicted octanol–water partition coefficient (Wildman–Crippen LogP) is 3.28. The quantitative estimate of drug-likeness (QED) is 0.654. The molecule has 3 aromatic heterocycles. The van der Waals surface area contributed by atoms with Crippen LogP contribution >= 0.6 is 11.3 Å². The van der Waals surface area contributed by atoms with Gasteiger partial charge in [-0.05, 0) is 49.7 Å². The van der Waals surface area contributed by atoms with Gasteiger partial charge in [0.05, 0.1) is 11.8 Å². The average Bonchev–Trinajstić information content (AvgIpc) is 2.89. The lowest BCUT2D eigenvalue weighted by atomic mass is 9.71. The third-order valence-electron chi connectivity index (χ3n) is 5.92. The molecule has 2 aliphatic rings. The van der Waals surface area contributed by atoms with Crippen molar-refractivity contribution in [3.8, 4) is 6.07 Å². The number of thiophene rings is 1. The van der Waals surface area contributed by atoms with Crippen LogP contribution < -0.4 is 5.73 Å². The molecule has 0 saturated carbocycles. The Morgan fingerprint density at radius 3 is 2.89 bits per heavy atom. The molecule has 0 radical (unpaired) electrons. The molecule has 1 atom stereocenters. The van der Waals surface area contributed by atoms with E-state index in [2.05, 4.69) is 26.0 Å². The molecule has 2 N–H and O–H groups in total. The summed E-state index contributed by atoms with van der Waals surface area (Å²) in [6.07, 6.45) is 11.3. The highest BCUT2D eigenvalue weighted by Crippen LogP contribution is 2.43. The van der Waals surface area contributed by atoms with Crippen LogP contribution in [0.2, 0.25) is 0 Å². The SMILES string of the molecule is N#CC1(c2ncnc3sc4c(c23)CCCCC4)CCc2nc(N)ncc2C1. The van der Waals surface area contributed by atoms with Crippen LogP contribution in [0, 0.1) is 11.3 Å². The minimum absolute atomic E-state index is 0.297. The van der Waals surface area contributed by atoms with Crippen molar-refractivity contribution in [3.63, 3.8) is 0 Å². The fourth-order valence-electron chi connectivity index (χ4n) is 4.55. The number of nitriles is 1. The van der Waals surface area contributed by atoms with E-state index in [-0.39, 0.29) is 0 Å². The molecular formula is C20H20N6S. The van der Waals surface area contributed by atoms with Crippen LogP contribution in [0.5, 0.6) is 0 Å². The number of aryl methyl sites for hydroxylation is 3. The summed E-state index contributed by atoms with van der Waals surface area (Å²) in [5.74, 6) is 0.297. The second-order valence-corrected chi connectivity index (χ2v) is 8.62. The summed E-state index contributed by atoms with van der Waals surface area (Å²) in [7, 11) is 0. The summed E-state index contributed by atoms with van der Waals surface area (Å²) in [6.45, 7) is 0. The van der Waals surface area contributed by atoms with Gasteiger partial charge in [-0.1, -0.05) is 6.42 Å². The largest absolute Gasteiger partial charge is 0.368 e. The van der Waals surface area contributed by atoms with Crippen LogP contribution in [-0.4, -0.2) is 19.9 Å². The molecule has 136 valence electrons. The average molecular weight is 376 g/mol. The first-order valence-corrected chi connectivity index (χ1v) is 10.3. The van der Waals surface area contributed by atoms with E-state index < -0.39 is 5.41 Å². The second-order valence-electron chi connectivity index (χ2n) is 7.54. The monoisotopic (exact) mass is 376 g/mol. The summed E-state index contributed by atoms with van der Waals surface area (Å²) >= 11 is 1.79. The van der Waals surface area contributed by atoms with E-state index in [9.17, 15) is 5.26 Å². The topological polar surface area (TPSA) is 101 Å². The molecule has 5 rings (SSSR count). The molecule has 0 saturated heterocycles. The van der Waals surface area contributed by atoms with E-state index >= 15 is 0 Å². The minimum atomic E-state index is -0.658. The first-order chi connectivity index (χ1) is 13.2. The number of nitrogen functional groups attached to an aromatic ring is 1. The highest BCUT2D eigenvalue weighted by molar-refractivity contribution is 7.18. The molecule has 2 aliphatic carbocycles. The van der Waals surface area contributed by atoms with E-state index in [0.717, 1.165) is 40.0 Å². The summed E-state index contributed by atoms with van der Waals surface area (Å²) in [4.78, 5) is 20.2. The number of aromatic nitrogens is 4. The normalized spacial score (nSPS) is 21.9. The third-order valence-corrected chi connectivity index (χ3v) is 7.12. The molecule has 0 aromatic carbocycles. The maximum absolute atomic E-state index is 10.3. The Bertz CT molecular complexity index is 1080. The van der Waals surface area contributed by atoms with Gasteiger partial charge in [-0.3, -0.25) is 0 Å². The Kier molecular flexibility index (Phi) is 3.83. The fourth-order valence-corrected chi connectivity index (χ4v) is 5.78. The molecule has 27 heavy (non-hydrogen) atoms. The molecule has 1 unspecified atom stereocenters. The van der Waals surface area contributed by atoms with Crippen LogP contribution in [0.3, 0.4) is 0 Å². The van der Waals surface area contributed by atoms with Gasteiger partial charge in [0.2, 0.25) is 5.95 Å². The number of nitrogens with zero attached hydrogens (tertiary/aromatic N) is 5. The first-order valence-electron chi connectivity index (χ1n) is 9.47.